The SMILES string of the molecule is C=CCN1CC(C(=O)N2CCN(CCN(C)C)CC2)CC1=O. The third kappa shape index (κ3) is 4.30. The van der Waals surface area contributed by atoms with Crippen LogP contribution >= 0.6 is 0 Å². The third-order valence-electron chi connectivity index (χ3n) is 4.46. The Morgan fingerprint density at radius 3 is 2.59 bits per heavy atom. The zero-order valence-corrected chi connectivity index (χ0v) is 13.8. The average molecular weight is 308 g/mol. The lowest BCUT2D eigenvalue weighted by atomic mass is 10.1. The van der Waals surface area contributed by atoms with Gasteiger partial charge in [-0.15, -0.1) is 6.58 Å². The average Bonchev–Trinajstić information content (AvgIpc) is 2.86. The summed E-state index contributed by atoms with van der Waals surface area (Å²) in [7, 11) is 4.15. The molecule has 0 aromatic rings. The number of carbonyl (C=O) groups is 2. The van der Waals surface area contributed by atoms with Gasteiger partial charge in [0.2, 0.25) is 11.8 Å². The number of nitrogens with zero attached hydrogens (tertiary/aromatic N) is 4. The van der Waals surface area contributed by atoms with Crippen molar-refractivity contribution < 1.29 is 9.59 Å². The molecule has 1 atom stereocenters. The van der Waals surface area contributed by atoms with Gasteiger partial charge < -0.3 is 14.7 Å². The molecule has 0 radical (unpaired) electrons. The van der Waals surface area contributed by atoms with Gasteiger partial charge in [0.15, 0.2) is 0 Å². The molecule has 0 bridgehead atoms. The molecule has 2 saturated heterocycles. The molecule has 6 nitrogen and oxygen atoms in total. The molecule has 0 aliphatic carbocycles. The van der Waals surface area contributed by atoms with Crippen LogP contribution in [0.1, 0.15) is 6.42 Å². The van der Waals surface area contributed by atoms with Gasteiger partial charge in [0.05, 0.1) is 5.92 Å². The van der Waals surface area contributed by atoms with E-state index < -0.39 is 0 Å². The predicted octanol–water partition coefficient (Wildman–Crippen LogP) is -0.273. The minimum absolute atomic E-state index is 0.0721. The van der Waals surface area contributed by atoms with Crippen molar-refractivity contribution in [1.82, 2.24) is 19.6 Å². The lowest BCUT2D eigenvalue weighted by Crippen LogP contribution is -2.51. The van der Waals surface area contributed by atoms with Crippen LogP contribution in [0.15, 0.2) is 12.7 Å². The maximum atomic E-state index is 12.6. The lowest BCUT2D eigenvalue weighted by molar-refractivity contribution is -0.137. The van der Waals surface area contributed by atoms with Gasteiger partial charge in [-0.2, -0.15) is 0 Å². The molecule has 2 heterocycles. The fourth-order valence-electron chi connectivity index (χ4n) is 3.06. The predicted molar refractivity (Wildman–Crippen MR) is 86.5 cm³/mol. The standard InChI is InChI=1S/C16H28N4O2/c1-4-5-20-13-14(12-15(20)21)16(22)19-10-8-18(9-11-19)7-6-17(2)3/h4,14H,1,5-13H2,2-3H3. The van der Waals surface area contributed by atoms with E-state index in [1.165, 1.54) is 0 Å². The molecular weight excluding hydrogens is 280 g/mol. The number of likely N-dealkylation sites (N-methyl/N-ethyl adjacent to an activating group) is 1. The molecule has 2 aliphatic heterocycles. The van der Waals surface area contributed by atoms with Gasteiger partial charge in [0.25, 0.3) is 0 Å². The molecule has 2 amide bonds. The molecule has 2 rings (SSSR count). The van der Waals surface area contributed by atoms with Crippen LogP contribution in [0.2, 0.25) is 0 Å². The molecule has 1 unspecified atom stereocenters. The fourth-order valence-corrected chi connectivity index (χ4v) is 3.06. The van der Waals surface area contributed by atoms with Gasteiger partial charge in [0.1, 0.15) is 0 Å². The summed E-state index contributed by atoms with van der Waals surface area (Å²) in [5, 5.41) is 0. The van der Waals surface area contributed by atoms with Crippen molar-refractivity contribution in [3.63, 3.8) is 0 Å². The van der Waals surface area contributed by atoms with Crippen molar-refractivity contribution in [1.29, 1.82) is 0 Å². The number of carbonyl (C=O) groups excluding carboxylic acids is 2. The highest BCUT2D eigenvalue weighted by Gasteiger charge is 2.36. The Hall–Kier alpha value is -1.40. The van der Waals surface area contributed by atoms with Crippen molar-refractivity contribution in [3.8, 4) is 0 Å². The molecule has 124 valence electrons. The van der Waals surface area contributed by atoms with Gasteiger partial charge in [-0.05, 0) is 14.1 Å². The van der Waals surface area contributed by atoms with Crippen molar-refractivity contribution in [2.24, 2.45) is 5.92 Å². The first kappa shape index (κ1) is 17.0. The molecule has 2 aliphatic rings. The first-order valence-electron chi connectivity index (χ1n) is 8.05. The van der Waals surface area contributed by atoms with E-state index in [4.69, 9.17) is 0 Å². The second-order valence-electron chi connectivity index (χ2n) is 6.46. The zero-order valence-electron chi connectivity index (χ0n) is 13.8. The molecule has 6 heteroatoms. The van der Waals surface area contributed by atoms with Crippen LogP contribution in [-0.2, 0) is 9.59 Å². The molecule has 0 spiro atoms. The van der Waals surface area contributed by atoms with Gasteiger partial charge >= 0.3 is 0 Å². The Labute approximate surface area is 133 Å². The number of hydrogen-bond donors (Lipinski definition) is 0. The van der Waals surface area contributed by atoms with Crippen LogP contribution < -0.4 is 0 Å². The quantitative estimate of drug-likeness (QED) is 0.634. The maximum Gasteiger partial charge on any atom is 0.228 e. The maximum absolute atomic E-state index is 12.6. The van der Waals surface area contributed by atoms with Crippen molar-refractivity contribution in [2.45, 2.75) is 6.42 Å². The van der Waals surface area contributed by atoms with E-state index in [1.807, 2.05) is 4.90 Å². The van der Waals surface area contributed by atoms with Crippen molar-refractivity contribution >= 4 is 11.8 Å². The van der Waals surface area contributed by atoms with Crippen LogP contribution in [-0.4, -0.2) is 97.9 Å². The number of likely N-dealkylation sites (tertiary alicyclic amines) is 1. The first-order valence-corrected chi connectivity index (χ1v) is 8.05. The number of piperazine rings is 1. The second-order valence-corrected chi connectivity index (χ2v) is 6.46. The topological polar surface area (TPSA) is 47.1 Å². The monoisotopic (exact) mass is 308 g/mol. The van der Waals surface area contributed by atoms with E-state index in [9.17, 15) is 9.59 Å². The van der Waals surface area contributed by atoms with Gasteiger partial charge in [-0.1, -0.05) is 6.08 Å². The highest BCUT2D eigenvalue weighted by Crippen LogP contribution is 2.20. The summed E-state index contributed by atoms with van der Waals surface area (Å²) >= 11 is 0. The van der Waals surface area contributed by atoms with Gasteiger partial charge in [-0.3, -0.25) is 14.5 Å². The van der Waals surface area contributed by atoms with Gasteiger partial charge in [-0.25, -0.2) is 0 Å². The number of rotatable bonds is 6. The van der Waals surface area contributed by atoms with Crippen LogP contribution in [0.4, 0.5) is 0 Å². The molecule has 0 saturated carbocycles. The summed E-state index contributed by atoms with van der Waals surface area (Å²) in [5.41, 5.74) is 0. The highest BCUT2D eigenvalue weighted by atomic mass is 16.2. The van der Waals surface area contributed by atoms with Gasteiger partial charge in [0, 0.05) is 58.8 Å². The molecule has 2 fully saturated rings. The Morgan fingerprint density at radius 1 is 1.32 bits per heavy atom. The summed E-state index contributed by atoms with van der Waals surface area (Å²) in [6.07, 6.45) is 2.07. The second kappa shape index (κ2) is 7.74. The Kier molecular flexibility index (Phi) is 5.97. The normalized spacial score (nSPS) is 23.4. The summed E-state index contributed by atoms with van der Waals surface area (Å²) < 4.78 is 0. The number of hydrogen-bond acceptors (Lipinski definition) is 4. The largest absolute Gasteiger partial charge is 0.340 e. The summed E-state index contributed by atoms with van der Waals surface area (Å²) in [6.45, 7) is 10.2. The first-order chi connectivity index (χ1) is 10.5. The van der Waals surface area contributed by atoms with Crippen LogP contribution in [0.5, 0.6) is 0 Å². The molecular formula is C16H28N4O2. The minimum atomic E-state index is -0.166. The van der Waals surface area contributed by atoms with E-state index in [2.05, 4.69) is 30.5 Å². The third-order valence-corrected chi connectivity index (χ3v) is 4.46. The van der Waals surface area contributed by atoms with Crippen molar-refractivity contribution in [3.05, 3.63) is 12.7 Å². The van der Waals surface area contributed by atoms with Crippen LogP contribution in [0, 0.1) is 5.92 Å². The summed E-state index contributed by atoms with van der Waals surface area (Å²) in [5.74, 6) is 0.0517. The van der Waals surface area contributed by atoms with Crippen molar-refractivity contribution in [2.75, 3.05) is 66.5 Å². The smallest absolute Gasteiger partial charge is 0.228 e. The Morgan fingerprint density at radius 2 is 2.00 bits per heavy atom. The van der Waals surface area contributed by atoms with Crippen LogP contribution in [0.25, 0.3) is 0 Å². The molecule has 0 N–H and O–H groups in total. The minimum Gasteiger partial charge on any atom is -0.340 e. The van der Waals surface area contributed by atoms with E-state index in [1.54, 1.807) is 11.0 Å². The number of amides is 2. The fraction of sp³-hybridized carbons (Fsp3) is 0.750. The van der Waals surface area contributed by atoms with E-state index >= 15 is 0 Å². The zero-order chi connectivity index (χ0) is 16.1. The van der Waals surface area contributed by atoms with E-state index in [0.717, 1.165) is 39.3 Å². The van der Waals surface area contributed by atoms with Crippen LogP contribution in [0.3, 0.4) is 0 Å². The Bertz CT molecular complexity index is 416. The highest BCUT2D eigenvalue weighted by molar-refractivity contribution is 5.89. The van der Waals surface area contributed by atoms with E-state index in [-0.39, 0.29) is 17.7 Å². The summed E-state index contributed by atoms with van der Waals surface area (Å²) in [6, 6.07) is 0. The molecule has 0 aromatic heterocycles. The lowest BCUT2D eigenvalue weighted by Gasteiger charge is -2.36. The van der Waals surface area contributed by atoms with E-state index in [0.29, 0.717) is 19.5 Å². The molecule has 0 aromatic carbocycles. The Balaban J connectivity index is 1.78. The summed E-state index contributed by atoms with van der Waals surface area (Å²) in [4.78, 5) is 32.7. The molecule has 22 heavy (non-hydrogen) atoms.